The molecular formula is C8H8N8. The predicted octanol–water partition coefficient (Wildman–Crippen LogP) is -0.404. The second-order valence-corrected chi connectivity index (χ2v) is 3.26. The summed E-state index contributed by atoms with van der Waals surface area (Å²) < 4.78 is 3.18. The topological polar surface area (TPSA) is 99.8 Å². The summed E-state index contributed by atoms with van der Waals surface area (Å²) in [5.74, 6) is 1.01. The molecule has 8 heteroatoms. The average Bonchev–Trinajstić information content (AvgIpc) is 2.87. The van der Waals surface area contributed by atoms with Crippen LogP contribution in [0.1, 0.15) is 5.82 Å². The number of aryl methyl sites for hydroxylation is 1. The van der Waals surface area contributed by atoms with Crippen LogP contribution in [0, 0.1) is 6.92 Å². The van der Waals surface area contributed by atoms with Gasteiger partial charge in [-0.15, -0.1) is 10.2 Å². The highest BCUT2D eigenvalue weighted by molar-refractivity contribution is 5.58. The van der Waals surface area contributed by atoms with Crippen LogP contribution in [0.3, 0.4) is 0 Å². The van der Waals surface area contributed by atoms with Crippen molar-refractivity contribution in [2.75, 3.05) is 5.73 Å². The van der Waals surface area contributed by atoms with Crippen LogP contribution >= 0.6 is 0 Å². The van der Waals surface area contributed by atoms with E-state index in [1.807, 2.05) is 6.92 Å². The Morgan fingerprint density at radius 1 is 1.25 bits per heavy atom. The third-order valence-electron chi connectivity index (χ3n) is 2.20. The van der Waals surface area contributed by atoms with Gasteiger partial charge in [0.05, 0.1) is 6.20 Å². The highest BCUT2D eigenvalue weighted by atomic mass is 15.4. The number of hydrogen-bond donors (Lipinski definition) is 1. The molecule has 8 nitrogen and oxygen atoms in total. The van der Waals surface area contributed by atoms with Gasteiger partial charge in [-0.3, -0.25) is 0 Å². The lowest BCUT2D eigenvalue weighted by atomic mass is 10.5. The Bertz CT molecular complexity index is 651. The summed E-state index contributed by atoms with van der Waals surface area (Å²) in [6.07, 6.45) is 4.69. The van der Waals surface area contributed by atoms with Crippen LogP contribution in [0.15, 0.2) is 18.9 Å². The van der Waals surface area contributed by atoms with E-state index < -0.39 is 0 Å². The van der Waals surface area contributed by atoms with E-state index in [0.717, 1.165) is 0 Å². The SMILES string of the molecule is Cc1ncn(-c2cnc(N)n3cnnc23)n1. The van der Waals surface area contributed by atoms with E-state index >= 15 is 0 Å². The van der Waals surface area contributed by atoms with Gasteiger partial charge in [0.25, 0.3) is 0 Å². The maximum absolute atomic E-state index is 5.68. The number of nitrogen functional groups attached to an aromatic ring is 1. The first kappa shape index (κ1) is 8.77. The van der Waals surface area contributed by atoms with Crippen molar-refractivity contribution in [2.24, 2.45) is 0 Å². The van der Waals surface area contributed by atoms with E-state index in [2.05, 4.69) is 25.3 Å². The summed E-state index contributed by atoms with van der Waals surface area (Å²) in [5.41, 5.74) is 6.96. The van der Waals surface area contributed by atoms with Gasteiger partial charge in [-0.1, -0.05) is 0 Å². The molecule has 0 amide bonds. The first-order chi connectivity index (χ1) is 7.75. The van der Waals surface area contributed by atoms with Crippen LogP contribution in [-0.4, -0.2) is 34.3 Å². The van der Waals surface area contributed by atoms with Crippen molar-refractivity contribution in [1.82, 2.24) is 34.3 Å². The molecule has 0 aromatic carbocycles. The number of aromatic nitrogens is 7. The minimum Gasteiger partial charge on any atom is -0.369 e. The summed E-state index contributed by atoms with van der Waals surface area (Å²) >= 11 is 0. The van der Waals surface area contributed by atoms with Gasteiger partial charge in [0.2, 0.25) is 5.95 Å². The standard InChI is InChI=1S/C8H8N8/c1-5-11-3-16(14-5)6-2-10-8(9)15-4-12-13-7(6)15/h2-4H,1H3,(H2,9,10). The third kappa shape index (κ3) is 1.13. The summed E-state index contributed by atoms with van der Waals surface area (Å²) in [6, 6.07) is 0. The molecule has 0 aliphatic carbocycles. The Balaban J connectivity index is 2.32. The largest absolute Gasteiger partial charge is 0.369 e. The molecule has 0 saturated heterocycles. The van der Waals surface area contributed by atoms with E-state index in [0.29, 0.717) is 23.1 Å². The lowest BCUT2D eigenvalue weighted by Crippen LogP contribution is -2.05. The van der Waals surface area contributed by atoms with E-state index in [1.165, 1.54) is 6.33 Å². The number of nitrogens with two attached hydrogens (primary N) is 1. The highest BCUT2D eigenvalue weighted by Crippen LogP contribution is 2.13. The lowest BCUT2D eigenvalue weighted by Gasteiger charge is -2.02. The molecule has 0 saturated carbocycles. The zero-order chi connectivity index (χ0) is 11.1. The van der Waals surface area contributed by atoms with Crippen molar-refractivity contribution in [2.45, 2.75) is 6.92 Å². The van der Waals surface area contributed by atoms with Gasteiger partial charge >= 0.3 is 0 Å². The maximum Gasteiger partial charge on any atom is 0.207 e. The predicted molar refractivity (Wildman–Crippen MR) is 54.8 cm³/mol. The monoisotopic (exact) mass is 216 g/mol. The van der Waals surface area contributed by atoms with Gasteiger partial charge in [0, 0.05) is 0 Å². The molecule has 0 fully saturated rings. The number of rotatable bonds is 1. The molecule has 3 heterocycles. The molecule has 2 N–H and O–H groups in total. The van der Waals surface area contributed by atoms with Crippen LogP contribution < -0.4 is 5.73 Å². The molecule has 0 aliphatic heterocycles. The van der Waals surface area contributed by atoms with Crippen LogP contribution in [-0.2, 0) is 0 Å². The molecule has 0 spiro atoms. The van der Waals surface area contributed by atoms with Gasteiger partial charge in [-0.05, 0) is 6.92 Å². The van der Waals surface area contributed by atoms with Crippen LogP contribution in [0.5, 0.6) is 0 Å². The van der Waals surface area contributed by atoms with Crippen LogP contribution in [0.25, 0.3) is 11.3 Å². The highest BCUT2D eigenvalue weighted by Gasteiger charge is 2.09. The van der Waals surface area contributed by atoms with Gasteiger partial charge < -0.3 is 5.73 Å². The Labute approximate surface area is 89.8 Å². The van der Waals surface area contributed by atoms with Crippen molar-refractivity contribution in [3.63, 3.8) is 0 Å². The number of hydrogen-bond acceptors (Lipinski definition) is 6. The molecule has 0 bridgehead atoms. The summed E-state index contributed by atoms with van der Waals surface area (Å²) in [6.45, 7) is 1.81. The molecule has 3 aromatic rings. The zero-order valence-electron chi connectivity index (χ0n) is 8.44. The van der Waals surface area contributed by atoms with Crippen molar-refractivity contribution in [3.05, 3.63) is 24.7 Å². The number of fused-ring (bicyclic) bond motifs is 1. The quantitative estimate of drug-likeness (QED) is 0.593. The first-order valence-electron chi connectivity index (χ1n) is 4.58. The molecule has 0 aliphatic rings. The Morgan fingerprint density at radius 2 is 2.12 bits per heavy atom. The molecule has 0 unspecified atom stereocenters. The average molecular weight is 216 g/mol. The lowest BCUT2D eigenvalue weighted by molar-refractivity contribution is 0.852. The molecule has 3 rings (SSSR count). The molecule has 0 atom stereocenters. The zero-order valence-corrected chi connectivity index (χ0v) is 8.44. The van der Waals surface area contributed by atoms with Gasteiger partial charge in [-0.2, -0.15) is 5.10 Å². The summed E-state index contributed by atoms with van der Waals surface area (Å²) in [7, 11) is 0. The normalized spacial score (nSPS) is 11.1. The Morgan fingerprint density at radius 3 is 2.88 bits per heavy atom. The number of anilines is 1. The third-order valence-corrected chi connectivity index (χ3v) is 2.20. The fourth-order valence-corrected chi connectivity index (χ4v) is 1.45. The summed E-state index contributed by atoms with van der Waals surface area (Å²) in [5, 5.41) is 11.9. The minimum atomic E-state index is 0.334. The van der Waals surface area contributed by atoms with Gasteiger partial charge in [0.15, 0.2) is 5.65 Å². The number of nitrogens with zero attached hydrogens (tertiary/aromatic N) is 7. The van der Waals surface area contributed by atoms with Gasteiger partial charge in [0.1, 0.15) is 24.2 Å². The fraction of sp³-hybridized carbons (Fsp3) is 0.125. The molecular weight excluding hydrogens is 208 g/mol. The van der Waals surface area contributed by atoms with Crippen LogP contribution in [0.2, 0.25) is 0 Å². The van der Waals surface area contributed by atoms with E-state index in [4.69, 9.17) is 5.73 Å². The first-order valence-corrected chi connectivity index (χ1v) is 4.58. The molecule has 3 aromatic heterocycles. The fourth-order valence-electron chi connectivity index (χ4n) is 1.45. The van der Waals surface area contributed by atoms with Crippen molar-refractivity contribution in [3.8, 4) is 5.69 Å². The van der Waals surface area contributed by atoms with Crippen molar-refractivity contribution >= 4 is 11.6 Å². The van der Waals surface area contributed by atoms with Gasteiger partial charge in [-0.25, -0.2) is 19.1 Å². The van der Waals surface area contributed by atoms with Crippen LogP contribution in [0.4, 0.5) is 5.95 Å². The second kappa shape index (κ2) is 2.99. The second-order valence-electron chi connectivity index (χ2n) is 3.26. The Hall–Kier alpha value is -2.51. The smallest absolute Gasteiger partial charge is 0.207 e. The maximum atomic E-state index is 5.68. The van der Waals surface area contributed by atoms with Crippen molar-refractivity contribution < 1.29 is 0 Å². The van der Waals surface area contributed by atoms with E-state index in [9.17, 15) is 0 Å². The molecule has 16 heavy (non-hydrogen) atoms. The van der Waals surface area contributed by atoms with E-state index in [-0.39, 0.29) is 0 Å². The minimum absolute atomic E-state index is 0.334. The van der Waals surface area contributed by atoms with Crippen molar-refractivity contribution in [1.29, 1.82) is 0 Å². The Kier molecular flexibility index (Phi) is 1.64. The summed E-state index contributed by atoms with van der Waals surface area (Å²) in [4.78, 5) is 8.08. The molecule has 0 radical (unpaired) electrons. The van der Waals surface area contributed by atoms with E-state index in [1.54, 1.807) is 21.6 Å². The molecule has 80 valence electrons.